The number of rotatable bonds is 6. The van der Waals surface area contributed by atoms with Crippen LogP contribution < -0.4 is 20.2 Å². The van der Waals surface area contributed by atoms with Crippen molar-refractivity contribution in [2.45, 2.75) is 0 Å². The van der Waals surface area contributed by atoms with Gasteiger partial charge in [-0.2, -0.15) is 5.10 Å². The van der Waals surface area contributed by atoms with Crippen molar-refractivity contribution in [2.24, 2.45) is 5.10 Å². The summed E-state index contributed by atoms with van der Waals surface area (Å²) in [6.45, 7) is 0. The number of nitrogens with zero attached hydrogens (tertiary/aromatic N) is 1. The maximum Gasteiger partial charge on any atom is 0.344 e. The second-order valence-electron chi connectivity index (χ2n) is 6.32. The number of anilines is 1. The third kappa shape index (κ3) is 6.38. The van der Waals surface area contributed by atoms with Gasteiger partial charge in [0.1, 0.15) is 11.5 Å². The summed E-state index contributed by atoms with van der Waals surface area (Å²) in [6, 6.07) is 20.2. The number of methoxy groups -OCH3 is 1. The van der Waals surface area contributed by atoms with Gasteiger partial charge in [0.05, 0.1) is 18.9 Å². The van der Waals surface area contributed by atoms with Crippen LogP contribution in [0.25, 0.3) is 0 Å². The first-order valence-corrected chi connectivity index (χ1v) is 10.4. The van der Waals surface area contributed by atoms with Gasteiger partial charge in [-0.15, -0.1) is 0 Å². The minimum absolute atomic E-state index is 0.370. The molecule has 0 radical (unpaired) electrons. The van der Waals surface area contributed by atoms with Gasteiger partial charge >= 0.3 is 17.8 Å². The molecule has 2 N–H and O–H groups in total. The maximum atomic E-state index is 12.2. The lowest BCUT2D eigenvalue weighted by Crippen LogP contribution is -2.32. The smallest absolute Gasteiger partial charge is 0.344 e. The van der Waals surface area contributed by atoms with Gasteiger partial charge < -0.3 is 14.8 Å². The number of carbonyl (C=O) groups is 3. The molecule has 0 fully saturated rings. The summed E-state index contributed by atoms with van der Waals surface area (Å²) < 4.78 is 11.2. The van der Waals surface area contributed by atoms with E-state index in [1.54, 1.807) is 60.7 Å². The molecule has 8 nitrogen and oxygen atoms in total. The summed E-state index contributed by atoms with van der Waals surface area (Å²) >= 11 is 2.07. The number of hydrogen-bond acceptors (Lipinski definition) is 6. The number of ether oxygens (including phenoxy) is 2. The third-order valence-electron chi connectivity index (χ3n) is 4.12. The molecule has 0 aromatic heterocycles. The van der Waals surface area contributed by atoms with Crippen LogP contribution in [0.15, 0.2) is 77.9 Å². The van der Waals surface area contributed by atoms with Crippen molar-refractivity contribution < 1.29 is 23.9 Å². The summed E-state index contributed by atoms with van der Waals surface area (Å²) in [5.74, 6) is -1.22. The van der Waals surface area contributed by atoms with Crippen molar-refractivity contribution in [1.82, 2.24) is 5.43 Å². The zero-order chi connectivity index (χ0) is 22.9. The largest absolute Gasteiger partial charge is 0.497 e. The van der Waals surface area contributed by atoms with Crippen LogP contribution in [0, 0.1) is 3.57 Å². The first-order valence-electron chi connectivity index (χ1n) is 9.31. The molecule has 0 aliphatic carbocycles. The lowest BCUT2D eigenvalue weighted by molar-refractivity contribution is -0.136. The van der Waals surface area contributed by atoms with Gasteiger partial charge in [0.15, 0.2) is 0 Å². The minimum Gasteiger partial charge on any atom is -0.497 e. The van der Waals surface area contributed by atoms with Gasteiger partial charge in [0.25, 0.3) is 0 Å². The molecule has 0 spiro atoms. The molecule has 0 aliphatic rings. The summed E-state index contributed by atoms with van der Waals surface area (Å²) in [7, 11) is 1.53. The Balaban J connectivity index is 1.50. The van der Waals surface area contributed by atoms with Crippen LogP contribution >= 0.6 is 22.6 Å². The molecule has 0 unspecified atom stereocenters. The van der Waals surface area contributed by atoms with Crippen molar-refractivity contribution in [3.05, 3.63) is 87.5 Å². The highest BCUT2D eigenvalue weighted by Crippen LogP contribution is 2.17. The van der Waals surface area contributed by atoms with Crippen molar-refractivity contribution in [3.8, 4) is 11.5 Å². The monoisotopic (exact) mass is 543 g/mol. The highest BCUT2D eigenvalue weighted by molar-refractivity contribution is 14.1. The van der Waals surface area contributed by atoms with E-state index in [0.717, 1.165) is 3.57 Å². The molecular weight excluding hydrogens is 525 g/mol. The lowest BCUT2D eigenvalue weighted by Gasteiger charge is -2.06. The van der Waals surface area contributed by atoms with E-state index in [4.69, 9.17) is 9.47 Å². The van der Waals surface area contributed by atoms with Crippen molar-refractivity contribution in [1.29, 1.82) is 0 Å². The van der Waals surface area contributed by atoms with Crippen molar-refractivity contribution in [2.75, 3.05) is 12.4 Å². The van der Waals surface area contributed by atoms with Crippen LogP contribution in [0.2, 0.25) is 0 Å². The van der Waals surface area contributed by atoms with Crippen molar-refractivity contribution >= 4 is 52.3 Å². The molecular formula is C23H18IN3O5. The molecule has 0 atom stereocenters. The molecule has 162 valence electrons. The summed E-state index contributed by atoms with van der Waals surface area (Å²) in [4.78, 5) is 36.0. The molecule has 32 heavy (non-hydrogen) atoms. The Morgan fingerprint density at radius 2 is 1.53 bits per heavy atom. The van der Waals surface area contributed by atoms with Gasteiger partial charge in [-0.3, -0.25) is 9.59 Å². The Kier molecular flexibility index (Phi) is 7.92. The summed E-state index contributed by atoms with van der Waals surface area (Å²) in [6.07, 6.45) is 1.37. The molecule has 0 saturated heterocycles. The van der Waals surface area contributed by atoms with E-state index >= 15 is 0 Å². The van der Waals surface area contributed by atoms with Gasteiger partial charge in [-0.05, 0) is 88.8 Å². The van der Waals surface area contributed by atoms with E-state index in [1.807, 2.05) is 12.1 Å². The van der Waals surface area contributed by atoms with Gasteiger partial charge in [-0.25, -0.2) is 10.2 Å². The topological polar surface area (TPSA) is 106 Å². The number of halogens is 1. The predicted molar refractivity (Wildman–Crippen MR) is 128 cm³/mol. The fourth-order valence-corrected chi connectivity index (χ4v) is 3.10. The number of hydrazone groups is 1. The molecule has 2 amide bonds. The molecule has 0 saturated carbocycles. The Hall–Kier alpha value is -3.73. The SMILES string of the molecule is COc1ccc(NC(=O)C(=O)N/N=C/c2ccc(OC(=O)c3ccccc3I)cc2)cc1. The van der Waals surface area contributed by atoms with E-state index in [1.165, 1.54) is 13.3 Å². The van der Waals surface area contributed by atoms with Gasteiger partial charge in [0.2, 0.25) is 0 Å². The summed E-state index contributed by atoms with van der Waals surface area (Å²) in [5.41, 5.74) is 3.72. The maximum absolute atomic E-state index is 12.2. The van der Waals surface area contributed by atoms with Crippen LogP contribution in [0.3, 0.4) is 0 Å². The average molecular weight is 543 g/mol. The number of nitrogens with one attached hydrogen (secondary N) is 2. The third-order valence-corrected chi connectivity index (χ3v) is 5.06. The molecule has 0 aliphatic heterocycles. The predicted octanol–water partition coefficient (Wildman–Crippen LogP) is 3.61. The standard InChI is InChI=1S/C23H18IN3O5/c1-31-17-12-8-16(9-13-17)26-21(28)22(29)27-25-14-15-6-10-18(11-7-15)32-23(30)19-4-2-3-5-20(19)24/h2-14H,1H3,(H,26,28)(H,27,29)/b25-14+. The Morgan fingerprint density at radius 3 is 2.19 bits per heavy atom. The fraction of sp³-hybridized carbons (Fsp3) is 0.0435. The van der Waals surface area contributed by atoms with Crippen LogP contribution in [0.5, 0.6) is 11.5 Å². The normalized spacial score (nSPS) is 10.4. The molecule has 3 rings (SSSR count). The fourth-order valence-electron chi connectivity index (χ4n) is 2.49. The molecule has 9 heteroatoms. The van der Waals surface area contributed by atoms with Crippen LogP contribution in [0.1, 0.15) is 15.9 Å². The lowest BCUT2D eigenvalue weighted by atomic mass is 10.2. The number of carbonyl (C=O) groups excluding carboxylic acids is 3. The number of hydrogen-bond donors (Lipinski definition) is 2. The number of esters is 1. The van der Waals surface area contributed by atoms with Gasteiger partial charge in [-0.1, -0.05) is 12.1 Å². The Morgan fingerprint density at radius 1 is 0.875 bits per heavy atom. The first-order chi connectivity index (χ1) is 15.5. The first kappa shape index (κ1) is 22.9. The summed E-state index contributed by atoms with van der Waals surface area (Å²) in [5, 5.41) is 6.22. The van der Waals surface area contributed by atoms with E-state index in [-0.39, 0.29) is 0 Å². The van der Waals surface area contributed by atoms with E-state index in [0.29, 0.717) is 28.3 Å². The second kappa shape index (κ2) is 11.0. The average Bonchev–Trinajstić information content (AvgIpc) is 2.80. The van der Waals surface area contributed by atoms with Crippen LogP contribution in [-0.4, -0.2) is 31.1 Å². The minimum atomic E-state index is -0.917. The molecule has 0 heterocycles. The van der Waals surface area contributed by atoms with Crippen LogP contribution in [0.4, 0.5) is 5.69 Å². The van der Waals surface area contributed by atoms with Crippen molar-refractivity contribution in [3.63, 3.8) is 0 Å². The molecule has 0 bridgehead atoms. The Labute approximate surface area is 197 Å². The second-order valence-corrected chi connectivity index (χ2v) is 7.48. The molecule has 3 aromatic rings. The molecule has 3 aromatic carbocycles. The quantitative estimate of drug-likeness (QED) is 0.124. The highest BCUT2D eigenvalue weighted by Gasteiger charge is 2.13. The highest BCUT2D eigenvalue weighted by atomic mass is 127. The Bertz CT molecular complexity index is 1150. The van der Waals surface area contributed by atoms with Gasteiger partial charge in [0, 0.05) is 9.26 Å². The van der Waals surface area contributed by atoms with E-state index < -0.39 is 17.8 Å². The zero-order valence-corrected chi connectivity index (χ0v) is 19.0. The van der Waals surface area contributed by atoms with E-state index in [2.05, 4.69) is 38.4 Å². The zero-order valence-electron chi connectivity index (χ0n) is 16.9. The number of amides is 2. The number of benzene rings is 3. The van der Waals surface area contributed by atoms with E-state index in [9.17, 15) is 14.4 Å². The van der Waals surface area contributed by atoms with Crippen LogP contribution in [-0.2, 0) is 9.59 Å².